The number of hydrogen-bond acceptors (Lipinski definition) is 3. The van der Waals surface area contributed by atoms with Crippen LogP contribution >= 0.6 is 11.6 Å². The van der Waals surface area contributed by atoms with Crippen molar-refractivity contribution in [3.8, 4) is 0 Å². The molecule has 148 valence electrons. The second-order valence-corrected chi connectivity index (χ2v) is 9.93. The first-order chi connectivity index (χ1) is 13.3. The number of aryl methyl sites for hydroxylation is 1. The molecule has 2 aromatic rings. The molecule has 0 aromatic heterocycles. The molecule has 0 aliphatic heterocycles. The number of nitrogens with one attached hydrogen (secondary N) is 2. The predicted octanol–water partition coefficient (Wildman–Crippen LogP) is 4.37. The second-order valence-electron chi connectivity index (χ2n) is 7.87. The summed E-state index contributed by atoms with van der Waals surface area (Å²) in [6, 6.07) is 11.6. The van der Waals surface area contributed by atoms with E-state index in [1.54, 1.807) is 18.2 Å². The van der Waals surface area contributed by atoms with Crippen molar-refractivity contribution in [1.29, 1.82) is 0 Å². The lowest BCUT2D eigenvalue weighted by Gasteiger charge is -2.23. The molecule has 5 nitrogen and oxygen atoms in total. The van der Waals surface area contributed by atoms with Crippen LogP contribution in [-0.2, 0) is 10.0 Å². The Morgan fingerprint density at radius 3 is 2.46 bits per heavy atom. The van der Waals surface area contributed by atoms with Crippen molar-refractivity contribution in [2.24, 2.45) is 11.8 Å². The van der Waals surface area contributed by atoms with Gasteiger partial charge in [0.2, 0.25) is 0 Å². The molecule has 0 heterocycles. The number of hydrogen-bond donors (Lipinski definition) is 2. The maximum Gasteiger partial charge on any atom is 0.263 e. The molecule has 2 aliphatic carbocycles. The fourth-order valence-corrected chi connectivity index (χ4v) is 5.94. The van der Waals surface area contributed by atoms with Gasteiger partial charge in [-0.3, -0.25) is 9.52 Å². The summed E-state index contributed by atoms with van der Waals surface area (Å²) in [5.41, 5.74) is 1.77. The molecular formula is C21H23ClN2O3S. The van der Waals surface area contributed by atoms with Gasteiger partial charge in [0.1, 0.15) is 4.90 Å². The summed E-state index contributed by atoms with van der Waals surface area (Å²) in [6.45, 7) is 1.92. The highest BCUT2D eigenvalue weighted by molar-refractivity contribution is 7.92. The van der Waals surface area contributed by atoms with Crippen LogP contribution in [0.4, 0.5) is 5.69 Å². The number of anilines is 1. The van der Waals surface area contributed by atoms with Crippen LogP contribution in [-0.4, -0.2) is 20.4 Å². The van der Waals surface area contributed by atoms with E-state index in [1.165, 1.54) is 25.0 Å². The zero-order valence-electron chi connectivity index (χ0n) is 15.6. The summed E-state index contributed by atoms with van der Waals surface area (Å²) in [6.07, 6.45) is 4.62. The third-order valence-electron chi connectivity index (χ3n) is 5.84. The van der Waals surface area contributed by atoms with Gasteiger partial charge < -0.3 is 5.32 Å². The van der Waals surface area contributed by atoms with Gasteiger partial charge in [-0.25, -0.2) is 8.42 Å². The first-order valence-electron chi connectivity index (χ1n) is 9.52. The summed E-state index contributed by atoms with van der Waals surface area (Å²) < 4.78 is 28.1. The number of benzene rings is 2. The van der Waals surface area contributed by atoms with E-state index >= 15 is 0 Å². The van der Waals surface area contributed by atoms with Crippen molar-refractivity contribution in [3.63, 3.8) is 0 Å². The molecule has 28 heavy (non-hydrogen) atoms. The van der Waals surface area contributed by atoms with Gasteiger partial charge in [0.25, 0.3) is 15.9 Å². The van der Waals surface area contributed by atoms with E-state index in [-0.39, 0.29) is 21.9 Å². The van der Waals surface area contributed by atoms with E-state index in [0.717, 1.165) is 24.3 Å². The van der Waals surface area contributed by atoms with Crippen LogP contribution in [0.2, 0.25) is 5.02 Å². The lowest BCUT2D eigenvalue weighted by Crippen LogP contribution is -2.38. The third-order valence-corrected chi connectivity index (χ3v) is 7.70. The summed E-state index contributed by atoms with van der Waals surface area (Å²) in [7, 11) is -3.91. The molecule has 2 fully saturated rings. The van der Waals surface area contributed by atoms with Crippen LogP contribution in [0.25, 0.3) is 0 Å². The minimum Gasteiger partial charge on any atom is -0.349 e. The fraction of sp³-hybridized carbons (Fsp3) is 0.381. The summed E-state index contributed by atoms with van der Waals surface area (Å²) in [5, 5.41) is 3.16. The van der Waals surface area contributed by atoms with Gasteiger partial charge in [0.15, 0.2) is 0 Å². The van der Waals surface area contributed by atoms with Crippen LogP contribution in [0, 0.1) is 18.8 Å². The predicted molar refractivity (Wildman–Crippen MR) is 110 cm³/mol. The SMILES string of the molecule is Cc1ccc(NS(=O)(=O)c2cc(C(=O)N[C@@H]3C[C@H]4CC[C@H]3C4)ccc2Cl)cc1. The number of fused-ring (bicyclic) bond motifs is 2. The van der Waals surface area contributed by atoms with Crippen LogP contribution in [0.1, 0.15) is 41.6 Å². The van der Waals surface area contributed by atoms with Crippen molar-refractivity contribution < 1.29 is 13.2 Å². The first-order valence-corrected chi connectivity index (χ1v) is 11.4. The van der Waals surface area contributed by atoms with Crippen LogP contribution in [0.15, 0.2) is 47.4 Å². The fourth-order valence-electron chi connectivity index (χ4n) is 4.36. The van der Waals surface area contributed by atoms with Crippen molar-refractivity contribution in [2.75, 3.05) is 4.72 Å². The molecule has 0 unspecified atom stereocenters. The highest BCUT2D eigenvalue weighted by Crippen LogP contribution is 2.44. The van der Waals surface area contributed by atoms with E-state index in [1.807, 2.05) is 19.1 Å². The van der Waals surface area contributed by atoms with Crippen molar-refractivity contribution in [1.82, 2.24) is 5.32 Å². The quantitative estimate of drug-likeness (QED) is 0.757. The van der Waals surface area contributed by atoms with Gasteiger partial charge in [-0.15, -0.1) is 0 Å². The van der Waals surface area contributed by atoms with E-state index in [9.17, 15) is 13.2 Å². The monoisotopic (exact) mass is 418 g/mol. The summed E-state index contributed by atoms with van der Waals surface area (Å²) in [5.74, 6) is 1.02. The maximum absolute atomic E-state index is 12.8. The molecule has 0 spiro atoms. The molecule has 2 bridgehead atoms. The molecule has 2 aliphatic rings. The molecule has 2 aromatic carbocycles. The topological polar surface area (TPSA) is 75.3 Å². The first kappa shape index (κ1) is 19.3. The molecule has 0 radical (unpaired) electrons. The minimum absolute atomic E-state index is 0.0797. The average Bonchev–Trinajstić information content (AvgIpc) is 3.26. The lowest BCUT2D eigenvalue weighted by molar-refractivity contribution is 0.0922. The van der Waals surface area contributed by atoms with Crippen molar-refractivity contribution >= 4 is 33.2 Å². The third kappa shape index (κ3) is 3.89. The zero-order valence-corrected chi connectivity index (χ0v) is 17.2. The average molecular weight is 419 g/mol. The molecule has 1 amide bonds. The van der Waals surface area contributed by atoms with Crippen LogP contribution in [0.5, 0.6) is 0 Å². The van der Waals surface area contributed by atoms with E-state index in [2.05, 4.69) is 10.0 Å². The molecule has 2 N–H and O–H groups in total. The molecular weight excluding hydrogens is 396 g/mol. The Bertz CT molecular complexity index is 1000. The molecule has 0 saturated heterocycles. The maximum atomic E-state index is 12.8. The Balaban J connectivity index is 1.54. The highest BCUT2D eigenvalue weighted by atomic mass is 35.5. The standard InChI is InChI=1S/C21H23ClN2O3S/c1-13-2-7-17(8-3-13)24-28(26,27)20-12-16(6-9-18(20)22)21(25)23-19-11-14-4-5-15(19)10-14/h2-3,6-9,12,14-15,19,24H,4-5,10-11H2,1H3,(H,23,25)/t14-,15-,19+/m0/s1. The van der Waals surface area contributed by atoms with E-state index in [4.69, 9.17) is 11.6 Å². The smallest absolute Gasteiger partial charge is 0.263 e. The van der Waals surface area contributed by atoms with Crippen LogP contribution < -0.4 is 10.0 Å². The van der Waals surface area contributed by atoms with Crippen molar-refractivity contribution in [3.05, 3.63) is 58.6 Å². The lowest BCUT2D eigenvalue weighted by atomic mass is 9.95. The van der Waals surface area contributed by atoms with Crippen molar-refractivity contribution in [2.45, 2.75) is 43.5 Å². The molecule has 7 heteroatoms. The number of sulfonamides is 1. The van der Waals surface area contributed by atoms with Gasteiger partial charge in [0.05, 0.1) is 5.02 Å². The molecule has 2 saturated carbocycles. The molecule has 4 rings (SSSR count). The Hall–Kier alpha value is -2.05. The molecule has 3 atom stereocenters. The number of halogens is 1. The zero-order chi connectivity index (χ0) is 19.9. The minimum atomic E-state index is -3.91. The number of amides is 1. The van der Waals surface area contributed by atoms with E-state index < -0.39 is 10.0 Å². The summed E-state index contributed by atoms with van der Waals surface area (Å²) >= 11 is 6.15. The largest absolute Gasteiger partial charge is 0.349 e. The van der Waals surface area contributed by atoms with E-state index in [0.29, 0.717) is 17.2 Å². The summed E-state index contributed by atoms with van der Waals surface area (Å²) in [4.78, 5) is 12.6. The van der Waals surface area contributed by atoms with Crippen LogP contribution in [0.3, 0.4) is 0 Å². The second kappa shape index (κ2) is 7.41. The Kier molecular flexibility index (Phi) is 5.10. The number of carbonyl (C=O) groups excluding carboxylic acids is 1. The van der Waals surface area contributed by atoms with Gasteiger partial charge in [-0.05, 0) is 68.4 Å². The number of carbonyl (C=O) groups is 1. The Morgan fingerprint density at radius 1 is 1.07 bits per heavy atom. The Morgan fingerprint density at radius 2 is 1.82 bits per heavy atom. The van der Waals surface area contributed by atoms with Gasteiger partial charge in [-0.1, -0.05) is 35.7 Å². The highest BCUT2D eigenvalue weighted by Gasteiger charge is 2.40. The normalized spacial score (nSPS) is 23.6. The van der Waals surface area contributed by atoms with Gasteiger partial charge in [-0.2, -0.15) is 0 Å². The number of rotatable bonds is 5. The Labute approximate surface area is 170 Å². The van der Waals surface area contributed by atoms with Gasteiger partial charge in [0, 0.05) is 17.3 Å². The van der Waals surface area contributed by atoms with Gasteiger partial charge >= 0.3 is 0 Å².